The standard InChI is InChI=1S/C18H22N6O/c1-13(2)18-19-8-3-15(22-18)23-10-5-14(6-11-23)25-17-7-12-24-16(21-17)4-9-20-24/h3-4,7-9,12-14H,5-6,10-11H2,1-2H3. The molecule has 0 unspecified atom stereocenters. The van der Waals surface area contributed by atoms with Crippen molar-refractivity contribution in [3.63, 3.8) is 0 Å². The molecule has 0 saturated carbocycles. The SMILES string of the molecule is CC(C)c1nccc(N2CCC(Oc3ccn4nccc4n3)CC2)n1. The molecule has 1 fully saturated rings. The molecule has 0 amide bonds. The Morgan fingerprint density at radius 2 is 1.92 bits per heavy atom. The van der Waals surface area contributed by atoms with Crippen molar-refractivity contribution in [3.8, 4) is 5.88 Å². The Labute approximate surface area is 146 Å². The molecular weight excluding hydrogens is 316 g/mol. The van der Waals surface area contributed by atoms with Gasteiger partial charge in [0.25, 0.3) is 0 Å². The summed E-state index contributed by atoms with van der Waals surface area (Å²) < 4.78 is 7.80. The van der Waals surface area contributed by atoms with Gasteiger partial charge in [0.1, 0.15) is 17.7 Å². The zero-order chi connectivity index (χ0) is 17.2. The van der Waals surface area contributed by atoms with E-state index in [0.29, 0.717) is 11.8 Å². The molecule has 7 heteroatoms. The third-order valence-corrected chi connectivity index (χ3v) is 4.46. The van der Waals surface area contributed by atoms with Gasteiger partial charge >= 0.3 is 0 Å². The molecule has 4 rings (SSSR count). The van der Waals surface area contributed by atoms with Crippen molar-refractivity contribution in [1.82, 2.24) is 24.6 Å². The number of nitrogens with zero attached hydrogens (tertiary/aromatic N) is 6. The second kappa shape index (κ2) is 6.66. The number of piperidine rings is 1. The molecule has 3 aromatic heterocycles. The molecule has 3 aromatic rings. The maximum Gasteiger partial charge on any atom is 0.217 e. The lowest BCUT2D eigenvalue weighted by Crippen LogP contribution is -2.39. The van der Waals surface area contributed by atoms with Gasteiger partial charge in [-0.05, 0) is 6.07 Å². The lowest BCUT2D eigenvalue weighted by molar-refractivity contribution is 0.164. The van der Waals surface area contributed by atoms with Gasteiger partial charge in [0.05, 0.1) is 6.20 Å². The van der Waals surface area contributed by atoms with Crippen molar-refractivity contribution in [2.75, 3.05) is 18.0 Å². The van der Waals surface area contributed by atoms with Gasteiger partial charge in [-0.3, -0.25) is 0 Å². The van der Waals surface area contributed by atoms with E-state index in [1.54, 1.807) is 10.7 Å². The lowest BCUT2D eigenvalue weighted by atomic mass is 10.1. The van der Waals surface area contributed by atoms with Crippen LogP contribution in [0.5, 0.6) is 5.88 Å². The monoisotopic (exact) mass is 338 g/mol. The Balaban J connectivity index is 1.38. The van der Waals surface area contributed by atoms with Crippen LogP contribution >= 0.6 is 0 Å². The van der Waals surface area contributed by atoms with E-state index in [2.05, 4.69) is 38.8 Å². The summed E-state index contributed by atoms with van der Waals surface area (Å²) >= 11 is 0. The molecule has 7 nitrogen and oxygen atoms in total. The van der Waals surface area contributed by atoms with E-state index in [1.165, 1.54) is 0 Å². The highest BCUT2D eigenvalue weighted by atomic mass is 16.5. The first-order valence-corrected chi connectivity index (χ1v) is 8.74. The molecule has 0 aromatic carbocycles. The summed E-state index contributed by atoms with van der Waals surface area (Å²) in [5.74, 6) is 2.91. The second-order valence-corrected chi connectivity index (χ2v) is 6.63. The fraction of sp³-hybridized carbons (Fsp3) is 0.444. The van der Waals surface area contributed by atoms with E-state index in [1.807, 2.05) is 30.6 Å². The molecule has 0 aliphatic carbocycles. The smallest absolute Gasteiger partial charge is 0.217 e. The van der Waals surface area contributed by atoms with Crippen molar-refractivity contribution in [2.24, 2.45) is 0 Å². The zero-order valence-electron chi connectivity index (χ0n) is 14.5. The van der Waals surface area contributed by atoms with Crippen molar-refractivity contribution in [1.29, 1.82) is 0 Å². The largest absolute Gasteiger partial charge is 0.474 e. The van der Waals surface area contributed by atoms with E-state index >= 15 is 0 Å². The van der Waals surface area contributed by atoms with Crippen LogP contribution in [0, 0.1) is 0 Å². The first kappa shape index (κ1) is 15.8. The summed E-state index contributed by atoms with van der Waals surface area (Å²) in [5.41, 5.74) is 0.803. The molecule has 1 aliphatic heterocycles. The van der Waals surface area contributed by atoms with Gasteiger partial charge < -0.3 is 9.64 Å². The third kappa shape index (κ3) is 3.40. The van der Waals surface area contributed by atoms with E-state index in [4.69, 9.17) is 4.74 Å². The van der Waals surface area contributed by atoms with Gasteiger partial charge in [0.2, 0.25) is 5.88 Å². The van der Waals surface area contributed by atoms with Crippen molar-refractivity contribution < 1.29 is 4.74 Å². The van der Waals surface area contributed by atoms with Crippen LogP contribution < -0.4 is 9.64 Å². The molecule has 0 spiro atoms. The Bertz CT molecular complexity index is 853. The van der Waals surface area contributed by atoms with Gasteiger partial charge in [-0.15, -0.1) is 0 Å². The number of aromatic nitrogens is 5. The maximum atomic E-state index is 6.07. The molecule has 0 atom stereocenters. The highest BCUT2D eigenvalue weighted by Gasteiger charge is 2.22. The van der Waals surface area contributed by atoms with Gasteiger partial charge in [0, 0.05) is 56.4 Å². The first-order chi connectivity index (χ1) is 12.2. The number of hydrogen-bond acceptors (Lipinski definition) is 6. The summed E-state index contributed by atoms with van der Waals surface area (Å²) in [6.45, 7) is 6.08. The Morgan fingerprint density at radius 3 is 2.72 bits per heavy atom. The number of hydrogen-bond donors (Lipinski definition) is 0. The van der Waals surface area contributed by atoms with Crippen molar-refractivity contribution in [2.45, 2.75) is 38.7 Å². The fourth-order valence-corrected chi connectivity index (χ4v) is 3.05. The minimum atomic E-state index is 0.181. The molecule has 130 valence electrons. The summed E-state index contributed by atoms with van der Waals surface area (Å²) in [6, 6.07) is 5.73. The number of anilines is 1. The van der Waals surface area contributed by atoms with Crippen molar-refractivity contribution >= 4 is 11.5 Å². The minimum absolute atomic E-state index is 0.181. The van der Waals surface area contributed by atoms with Crippen molar-refractivity contribution in [3.05, 3.63) is 42.6 Å². The highest BCUT2D eigenvalue weighted by Crippen LogP contribution is 2.22. The Hall–Kier alpha value is -2.70. The molecular formula is C18H22N6O. The quantitative estimate of drug-likeness (QED) is 0.728. The van der Waals surface area contributed by atoms with Gasteiger partial charge in [-0.2, -0.15) is 10.1 Å². The highest BCUT2D eigenvalue weighted by molar-refractivity contribution is 5.39. The van der Waals surface area contributed by atoms with Crippen LogP contribution in [0.25, 0.3) is 5.65 Å². The number of ether oxygens (including phenoxy) is 1. The molecule has 25 heavy (non-hydrogen) atoms. The predicted molar refractivity (Wildman–Crippen MR) is 95.0 cm³/mol. The molecule has 1 saturated heterocycles. The molecule has 1 aliphatic rings. The van der Waals surface area contributed by atoms with E-state index < -0.39 is 0 Å². The summed E-state index contributed by atoms with van der Waals surface area (Å²) in [7, 11) is 0. The summed E-state index contributed by atoms with van der Waals surface area (Å²) in [5, 5.41) is 4.15. The maximum absolute atomic E-state index is 6.07. The third-order valence-electron chi connectivity index (χ3n) is 4.46. The predicted octanol–water partition coefficient (Wildman–Crippen LogP) is 2.69. The van der Waals surface area contributed by atoms with E-state index in [-0.39, 0.29) is 6.10 Å². The van der Waals surface area contributed by atoms with Gasteiger partial charge in [-0.1, -0.05) is 13.8 Å². The topological polar surface area (TPSA) is 68.4 Å². The number of rotatable bonds is 4. The van der Waals surface area contributed by atoms with Crippen LogP contribution in [0.1, 0.15) is 38.4 Å². The number of fused-ring (bicyclic) bond motifs is 1. The summed E-state index contributed by atoms with van der Waals surface area (Å²) in [4.78, 5) is 15.8. The van der Waals surface area contributed by atoms with E-state index in [0.717, 1.165) is 43.2 Å². The average Bonchev–Trinajstić information content (AvgIpc) is 3.10. The van der Waals surface area contributed by atoms with Crippen LogP contribution in [0.15, 0.2) is 36.8 Å². The Morgan fingerprint density at radius 1 is 1.08 bits per heavy atom. The minimum Gasteiger partial charge on any atom is -0.474 e. The van der Waals surface area contributed by atoms with Crippen LogP contribution in [0.2, 0.25) is 0 Å². The van der Waals surface area contributed by atoms with Gasteiger partial charge in [-0.25, -0.2) is 14.5 Å². The molecule has 0 radical (unpaired) electrons. The van der Waals surface area contributed by atoms with Crippen LogP contribution in [-0.2, 0) is 0 Å². The first-order valence-electron chi connectivity index (χ1n) is 8.74. The molecule has 4 heterocycles. The zero-order valence-corrected chi connectivity index (χ0v) is 14.5. The fourth-order valence-electron chi connectivity index (χ4n) is 3.05. The van der Waals surface area contributed by atoms with Crippen LogP contribution in [-0.4, -0.2) is 43.8 Å². The lowest BCUT2D eigenvalue weighted by Gasteiger charge is -2.32. The van der Waals surface area contributed by atoms with E-state index in [9.17, 15) is 0 Å². The molecule has 0 N–H and O–H groups in total. The average molecular weight is 338 g/mol. The normalized spacial score (nSPS) is 15.9. The second-order valence-electron chi connectivity index (χ2n) is 6.63. The van der Waals surface area contributed by atoms with Gasteiger partial charge in [0.15, 0.2) is 5.65 Å². The van der Waals surface area contributed by atoms with Crippen LogP contribution in [0.4, 0.5) is 5.82 Å². The van der Waals surface area contributed by atoms with Crippen LogP contribution in [0.3, 0.4) is 0 Å². The molecule has 0 bridgehead atoms. The summed E-state index contributed by atoms with van der Waals surface area (Å²) in [6.07, 6.45) is 7.55. The Kier molecular flexibility index (Phi) is 4.21.